The summed E-state index contributed by atoms with van der Waals surface area (Å²) in [7, 11) is 0. The van der Waals surface area contributed by atoms with Crippen molar-refractivity contribution in [3.63, 3.8) is 0 Å². The molecule has 0 radical (unpaired) electrons. The van der Waals surface area contributed by atoms with Gasteiger partial charge in [0.25, 0.3) is 0 Å². The van der Waals surface area contributed by atoms with Crippen LogP contribution in [-0.2, 0) is 9.53 Å². The third-order valence-corrected chi connectivity index (χ3v) is 3.08. The third kappa shape index (κ3) is 1.91. The van der Waals surface area contributed by atoms with Gasteiger partial charge in [0.2, 0.25) is 0 Å². The second kappa shape index (κ2) is 3.87. The predicted molar refractivity (Wildman–Crippen MR) is 50.8 cm³/mol. The lowest BCUT2D eigenvalue weighted by molar-refractivity contribution is -0.145. The minimum atomic E-state index is -0.180. The van der Waals surface area contributed by atoms with E-state index in [1.165, 1.54) is 0 Å². The Morgan fingerprint density at radius 3 is 2.57 bits per heavy atom. The minimum Gasteiger partial charge on any atom is -0.461 e. The molecule has 2 atom stereocenters. The molecule has 2 fully saturated rings. The first-order valence-electron chi connectivity index (χ1n) is 5.29. The molecule has 2 aliphatic heterocycles. The van der Waals surface area contributed by atoms with Gasteiger partial charge in [-0.05, 0) is 19.8 Å². The largest absolute Gasteiger partial charge is 0.461 e. The highest BCUT2D eigenvalue weighted by Crippen LogP contribution is 2.23. The molecule has 0 spiro atoms. The first-order chi connectivity index (χ1) is 6.66. The van der Waals surface area contributed by atoms with Crippen LogP contribution >= 0.6 is 0 Å². The molecule has 1 N–H and O–H groups in total. The molecule has 0 aromatic rings. The zero-order valence-corrected chi connectivity index (χ0v) is 8.48. The van der Waals surface area contributed by atoms with Crippen LogP contribution < -0.4 is 0 Å². The van der Waals surface area contributed by atoms with Crippen LogP contribution in [0.15, 0.2) is 0 Å². The third-order valence-electron chi connectivity index (χ3n) is 3.08. The number of cyclic esters (lactones) is 1. The van der Waals surface area contributed by atoms with E-state index in [4.69, 9.17) is 4.74 Å². The molecule has 14 heavy (non-hydrogen) atoms. The van der Waals surface area contributed by atoms with Crippen LogP contribution in [0.5, 0.6) is 0 Å². The van der Waals surface area contributed by atoms with Crippen molar-refractivity contribution in [3.8, 4) is 0 Å². The lowest BCUT2D eigenvalue weighted by Crippen LogP contribution is -2.44. The zero-order chi connectivity index (χ0) is 10.1. The van der Waals surface area contributed by atoms with Gasteiger partial charge in [-0.25, -0.2) is 0 Å². The second-order valence-corrected chi connectivity index (χ2v) is 4.27. The predicted octanol–water partition coefficient (Wildman–Crippen LogP) is 0.147. The summed E-state index contributed by atoms with van der Waals surface area (Å²) >= 11 is 0. The smallest absolute Gasteiger partial charge is 0.323 e. The van der Waals surface area contributed by atoms with E-state index in [-0.39, 0.29) is 24.2 Å². The van der Waals surface area contributed by atoms with Gasteiger partial charge in [-0.15, -0.1) is 0 Å². The molecule has 0 amide bonds. The highest BCUT2D eigenvalue weighted by atomic mass is 16.6. The number of rotatable bonds is 1. The van der Waals surface area contributed by atoms with Gasteiger partial charge >= 0.3 is 5.97 Å². The maximum Gasteiger partial charge on any atom is 0.323 e. The summed E-state index contributed by atoms with van der Waals surface area (Å²) in [4.78, 5) is 13.6. The van der Waals surface area contributed by atoms with E-state index in [0.29, 0.717) is 0 Å². The molecule has 80 valence electrons. The molecule has 2 rings (SSSR count). The van der Waals surface area contributed by atoms with Crippen LogP contribution in [0.25, 0.3) is 0 Å². The SMILES string of the molecule is C[C@H]1C[C@@H](N2CCC(O)CC2)C(=O)O1. The van der Waals surface area contributed by atoms with Gasteiger partial charge in [-0.1, -0.05) is 0 Å². The highest BCUT2D eigenvalue weighted by Gasteiger charge is 2.37. The Balaban J connectivity index is 1.92. The van der Waals surface area contributed by atoms with Crippen molar-refractivity contribution in [1.29, 1.82) is 0 Å². The van der Waals surface area contributed by atoms with E-state index in [1.807, 2.05) is 6.92 Å². The fraction of sp³-hybridized carbons (Fsp3) is 0.900. The van der Waals surface area contributed by atoms with Crippen LogP contribution in [0.3, 0.4) is 0 Å². The quantitative estimate of drug-likeness (QED) is 0.611. The summed E-state index contributed by atoms with van der Waals surface area (Å²) in [5.41, 5.74) is 0. The van der Waals surface area contributed by atoms with Gasteiger partial charge in [0.05, 0.1) is 6.10 Å². The maximum atomic E-state index is 11.4. The number of piperidine rings is 1. The molecular weight excluding hydrogens is 182 g/mol. The Bertz CT molecular complexity index is 223. The fourth-order valence-electron chi connectivity index (χ4n) is 2.23. The van der Waals surface area contributed by atoms with Crippen LogP contribution in [0.1, 0.15) is 26.2 Å². The van der Waals surface area contributed by atoms with E-state index >= 15 is 0 Å². The van der Waals surface area contributed by atoms with E-state index in [9.17, 15) is 9.90 Å². The van der Waals surface area contributed by atoms with Crippen LogP contribution in [0.2, 0.25) is 0 Å². The molecule has 2 saturated heterocycles. The molecule has 2 heterocycles. The summed E-state index contributed by atoms with van der Waals surface area (Å²) in [6.45, 7) is 3.55. The highest BCUT2D eigenvalue weighted by molar-refractivity contribution is 5.78. The average Bonchev–Trinajstić information content (AvgIpc) is 2.47. The van der Waals surface area contributed by atoms with Crippen molar-refractivity contribution in [2.45, 2.75) is 44.4 Å². The number of hydrogen-bond donors (Lipinski definition) is 1. The molecule has 2 aliphatic rings. The first kappa shape index (κ1) is 9.93. The van der Waals surface area contributed by atoms with E-state index in [0.717, 1.165) is 32.4 Å². The summed E-state index contributed by atoms with van der Waals surface area (Å²) in [5.74, 6) is -0.0890. The van der Waals surface area contributed by atoms with Crippen molar-refractivity contribution >= 4 is 5.97 Å². The lowest BCUT2D eigenvalue weighted by atomic mass is 10.0. The summed E-state index contributed by atoms with van der Waals surface area (Å²) in [6.07, 6.45) is 2.23. The van der Waals surface area contributed by atoms with Gasteiger partial charge in [-0.3, -0.25) is 9.69 Å². The standard InChI is InChI=1S/C10H17NO3/c1-7-6-9(10(13)14-7)11-4-2-8(12)3-5-11/h7-9,12H,2-6H2,1H3/t7-,9+/m0/s1. The van der Waals surface area contributed by atoms with Gasteiger partial charge < -0.3 is 9.84 Å². The van der Waals surface area contributed by atoms with Crippen molar-refractivity contribution in [3.05, 3.63) is 0 Å². The van der Waals surface area contributed by atoms with Crippen LogP contribution in [0.4, 0.5) is 0 Å². The second-order valence-electron chi connectivity index (χ2n) is 4.27. The van der Waals surface area contributed by atoms with Crippen molar-refractivity contribution in [2.75, 3.05) is 13.1 Å². The number of aliphatic hydroxyl groups excluding tert-OH is 1. The van der Waals surface area contributed by atoms with Crippen LogP contribution in [-0.4, -0.2) is 47.3 Å². The number of likely N-dealkylation sites (tertiary alicyclic amines) is 1. The van der Waals surface area contributed by atoms with Gasteiger partial charge in [0, 0.05) is 19.5 Å². The Labute approximate surface area is 83.8 Å². The molecule has 0 aromatic carbocycles. The Kier molecular flexibility index (Phi) is 2.74. The Morgan fingerprint density at radius 2 is 2.07 bits per heavy atom. The van der Waals surface area contributed by atoms with E-state index in [1.54, 1.807) is 0 Å². The fourth-order valence-corrected chi connectivity index (χ4v) is 2.23. The van der Waals surface area contributed by atoms with Gasteiger partial charge in [0.1, 0.15) is 12.1 Å². The molecule has 0 aliphatic carbocycles. The van der Waals surface area contributed by atoms with E-state index in [2.05, 4.69) is 4.90 Å². The number of carbonyl (C=O) groups excluding carboxylic acids is 1. The molecule has 4 nitrogen and oxygen atoms in total. The summed E-state index contributed by atoms with van der Waals surface area (Å²) < 4.78 is 5.11. The molecular formula is C10H17NO3. The molecule has 0 bridgehead atoms. The maximum absolute atomic E-state index is 11.4. The number of carbonyl (C=O) groups is 1. The lowest BCUT2D eigenvalue weighted by Gasteiger charge is -2.32. The minimum absolute atomic E-state index is 0.0550. The molecule has 4 heteroatoms. The number of aliphatic hydroxyl groups is 1. The monoisotopic (exact) mass is 199 g/mol. The Morgan fingerprint density at radius 1 is 1.43 bits per heavy atom. The van der Waals surface area contributed by atoms with Crippen molar-refractivity contribution in [1.82, 2.24) is 4.90 Å². The summed E-state index contributed by atoms with van der Waals surface area (Å²) in [5, 5.41) is 9.34. The number of nitrogens with zero attached hydrogens (tertiary/aromatic N) is 1. The van der Waals surface area contributed by atoms with Crippen molar-refractivity contribution < 1.29 is 14.6 Å². The first-order valence-corrected chi connectivity index (χ1v) is 5.29. The average molecular weight is 199 g/mol. The zero-order valence-electron chi connectivity index (χ0n) is 8.48. The molecule has 0 unspecified atom stereocenters. The topological polar surface area (TPSA) is 49.8 Å². The molecule has 0 aromatic heterocycles. The van der Waals surface area contributed by atoms with Crippen molar-refractivity contribution in [2.24, 2.45) is 0 Å². The number of esters is 1. The van der Waals surface area contributed by atoms with E-state index < -0.39 is 0 Å². The normalized spacial score (nSPS) is 36.0. The number of ether oxygens (including phenoxy) is 1. The van der Waals surface area contributed by atoms with Gasteiger partial charge in [0.15, 0.2) is 0 Å². The van der Waals surface area contributed by atoms with Crippen LogP contribution in [0, 0.1) is 0 Å². The molecule has 0 saturated carbocycles. The number of hydrogen-bond acceptors (Lipinski definition) is 4. The van der Waals surface area contributed by atoms with Gasteiger partial charge in [-0.2, -0.15) is 0 Å². The summed E-state index contributed by atoms with van der Waals surface area (Å²) in [6, 6.07) is -0.0579. The Hall–Kier alpha value is -0.610.